The third-order valence-electron chi connectivity index (χ3n) is 1.12. The molecule has 9 heavy (non-hydrogen) atoms. The van der Waals surface area contributed by atoms with Gasteiger partial charge < -0.3 is 0 Å². The predicted molar refractivity (Wildman–Crippen MR) is 34.6 cm³/mol. The molecule has 0 aliphatic heterocycles. The minimum absolute atomic E-state index is 0.142. The molecule has 0 amide bonds. The van der Waals surface area contributed by atoms with Crippen molar-refractivity contribution < 1.29 is 12.8 Å². The fraction of sp³-hybridized carbons (Fsp3) is 1.00. The van der Waals surface area contributed by atoms with Crippen LogP contribution in [0.15, 0.2) is 0 Å². The van der Waals surface area contributed by atoms with E-state index >= 15 is 0 Å². The quantitative estimate of drug-likeness (QED) is 0.597. The summed E-state index contributed by atoms with van der Waals surface area (Å²) in [4.78, 5) is 0. The summed E-state index contributed by atoms with van der Waals surface area (Å²) in [5.74, 6) is -0.142. The van der Waals surface area contributed by atoms with Crippen LogP contribution in [0.25, 0.3) is 0 Å². The van der Waals surface area contributed by atoms with E-state index in [1.165, 1.54) is 6.92 Å². The number of hydrogen-bond acceptors (Lipinski definition) is 2. The zero-order chi connectivity index (χ0) is 7.71. The molecular formula is C5H11FO2S. The van der Waals surface area contributed by atoms with Crippen LogP contribution in [0, 0.1) is 0 Å². The van der Waals surface area contributed by atoms with E-state index in [1.54, 1.807) is 0 Å². The molecule has 0 atom stereocenters. The largest absolute Gasteiger partial charge is 0.227 e. The summed E-state index contributed by atoms with van der Waals surface area (Å²) in [5, 5.41) is -2.08. The molecule has 0 saturated heterocycles. The van der Waals surface area contributed by atoms with Gasteiger partial charge in [-0.25, -0.2) is 12.8 Å². The predicted octanol–water partition coefficient (Wildman–Crippen LogP) is 1.13. The van der Waals surface area contributed by atoms with Crippen molar-refractivity contribution >= 4 is 9.84 Å². The van der Waals surface area contributed by atoms with Crippen LogP contribution in [-0.2, 0) is 9.84 Å². The number of halogens is 1. The van der Waals surface area contributed by atoms with Crippen LogP contribution in [0.3, 0.4) is 0 Å². The highest BCUT2D eigenvalue weighted by atomic mass is 32.2. The molecule has 0 aromatic heterocycles. The Labute approximate surface area is 55.0 Å². The molecule has 0 aliphatic rings. The Morgan fingerprint density at radius 3 is 1.78 bits per heavy atom. The van der Waals surface area contributed by atoms with Crippen LogP contribution in [0.1, 0.15) is 20.8 Å². The van der Waals surface area contributed by atoms with Gasteiger partial charge in [0.05, 0.1) is 5.75 Å². The monoisotopic (exact) mass is 154 g/mol. The number of alkyl halides is 1. The summed E-state index contributed by atoms with van der Waals surface area (Å²) in [5.41, 5.74) is 0. The zero-order valence-corrected chi connectivity index (χ0v) is 6.63. The lowest BCUT2D eigenvalue weighted by Crippen LogP contribution is -2.27. The summed E-state index contributed by atoms with van der Waals surface area (Å²) < 4.78 is 33.9. The summed E-state index contributed by atoms with van der Waals surface area (Å²) >= 11 is 0. The van der Waals surface area contributed by atoms with Gasteiger partial charge in [-0.05, 0) is 13.8 Å². The van der Waals surface area contributed by atoms with Crippen molar-refractivity contribution in [2.45, 2.75) is 25.8 Å². The van der Waals surface area contributed by atoms with Crippen LogP contribution in [0.2, 0.25) is 0 Å². The normalized spacial score (nSPS) is 13.8. The topological polar surface area (TPSA) is 34.1 Å². The zero-order valence-electron chi connectivity index (χ0n) is 5.81. The maximum Gasteiger partial charge on any atom is 0.205 e. The van der Waals surface area contributed by atoms with E-state index in [4.69, 9.17) is 0 Å². The van der Waals surface area contributed by atoms with E-state index in [9.17, 15) is 12.8 Å². The van der Waals surface area contributed by atoms with Gasteiger partial charge in [0.15, 0.2) is 9.84 Å². The fourth-order valence-electron chi connectivity index (χ4n) is 0.343. The smallest absolute Gasteiger partial charge is 0.205 e. The Hall–Kier alpha value is -0.120. The van der Waals surface area contributed by atoms with E-state index in [0.29, 0.717) is 0 Å². The molecule has 0 radical (unpaired) electrons. The van der Waals surface area contributed by atoms with Gasteiger partial charge >= 0.3 is 0 Å². The molecule has 56 valence electrons. The van der Waals surface area contributed by atoms with Gasteiger partial charge in [-0.1, -0.05) is 6.92 Å². The maximum atomic E-state index is 12.6. The number of rotatable bonds is 2. The molecule has 0 saturated carbocycles. The molecule has 0 heterocycles. The Bertz CT molecular complexity index is 176. The maximum absolute atomic E-state index is 12.6. The summed E-state index contributed by atoms with van der Waals surface area (Å²) in [7, 11) is -3.50. The van der Waals surface area contributed by atoms with E-state index < -0.39 is 14.8 Å². The van der Waals surface area contributed by atoms with Crippen molar-refractivity contribution in [2.24, 2.45) is 0 Å². The molecule has 2 nitrogen and oxygen atoms in total. The number of hydrogen-bond donors (Lipinski definition) is 0. The first kappa shape index (κ1) is 8.88. The SMILES string of the molecule is CCS(=O)(=O)C(C)(C)F. The van der Waals surface area contributed by atoms with Gasteiger partial charge in [0.25, 0.3) is 0 Å². The first-order chi connectivity index (χ1) is 3.81. The van der Waals surface area contributed by atoms with Crippen molar-refractivity contribution in [3.8, 4) is 0 Å². The lowest BCUT2D eigenvalue weighted by molar-refractivity contribution is 0.319. The van der Waals surface area contributed by atoms with E-state index in [-0.39, 0.29) is 5.75 Å². The van der Waals surface area contributed by atoms with Gasteiger partial charge in [-0.15, -0.1) is 0 Å². The first-order valence-corrected chi connectivity index (χ1v) is 4.37. The fourth-order valence-corrected chi connectivity index (χ4v) is 1.03. The highest BCUT2D eigenvalue weighted by molar-refractivity contribution is 7.92. The third kappa shape index (κ3) is 1.93. The van der Waals surface area contributed by atoms with Gasteiger partial charge in [0.1, 0.15) is 0 Å². The van der Waals surface area contributed by atoms with Crippen molar-refractivity contribution in [3.05, 3.63) is 0 Å². The first-order valence-electron chi connectivity index (χ1n) is 2.72. The molecule has 4 heteroatoms. The molecule has 0 bridgehead atoms. The lowest BCUT2D eigenvalue weighted by Gasteiger charge is -2.12. The number of sulfone groups is 1. The third-order valence-corrected chi connectivity index (χ3v) is 3.36. The van der Waals surface area contributed by atoms with Gasteiger partial charge in [0, 0.05) is 0 Å². The molecule has 0 fully saturated rings. The van der Waals surface area contributed by atoms with Gasteiger partial charge in [-0.3, -0.25) is 0 Å². The minimum atomic E-state index is -3.50. The molecule has 0 aromatic carbocycles. The van der Waals surface area contributed by atoms with E-state index in [0.717, 1.165) is 13.8 Å². The van der Waals surface area contributed by atoms with Crippen molar-refractivity contribution in [1.29, 1.82) is 0 Å². The average molecular weight is 154 g/mol. The lowest BCUT2D eigenvalue weighted by atomic mass is 10.5. The Balaban J connectivity index is 4.57. The Kier molecular flexibility index (Phi) is 2.22. The van der Waals surface area contributed by atoms with Crippen molar-refractivity contribution in [1.82, 2.24) is 0 Å². The molecule has 0 unspecified atom stereocenters. The second-order valence-electron chi connectivity index (χ2n) is 2.27. The average Bonchev–Trinajstić information content (AvgIpc) is 1.64. The highest BCUT2D eigenvalue weighted by Crippen LogP contribution is 2.17. The van der Waals surface area contributed by atoms with Crippen LogP contribution in [0.5, 0.6) is 0 Å². The van der Waals surface area contributed by atoms with Gasteiger partial charge in [-0.2, -0.15) is 0 Å². The standard InChI is InChI=1S/C5H11FO2S/c1-4-9(7,8)5(2,3)6/h4H2,1-3H3. The minimum Gasteiger partial charge on any atom is -0.227 e. The molecule has 0 aliphatic carbocycles. The van der Waals surface area contributed by atoms with Crippen molar-refractivity contribution in [3.63, 3.8) is 0 Å². The van der Waals surface area contributed by atoms with Crippen LogP contribution in [-0.4, -0.2) is 19.2 Å². The van der Waals surface area contributed by atoms with Crippen molar-refractivity contribution in [2.75, 3.05) is 5.75 Å². The second-order valence-corrected chi connectivity index (χ2v) is 5.04. The molecular weight excluding hydrogens is 143 g/mol. The van der Waals surface area contributed by atoms with Crippen LogP contribution in [0.4, 0.5) is 4.39 Å². The van der Waals surface area contributed by atoms with Crippen LogP contribution < -0.4 is 0 Å². The summed E-state index contributed by atoms with van der Waals surface area (Å²) in [6, 6.07) is 0. The molecule has 0 N–H and O–H groups in total. The Morgan fingerprint density at radius 2 is 1.78 bits per heavy atom. The second kappa shape index (κ2) is 2.25. The molecule has 0 rings (SSSR count). The van der Waals surface area contributed by atoms with Gasteiger partial charge in [0.2, 0.25) is 5.00 Å². The summed E-state index contributed by atoms with van der Waals surface area (Å²) in [6.45, 7) is 3.52. The van der Waals surface area contributed by atoms with E-state index in [2.05, 4.69) is 0 Å². The highest BCUT2D eigenvalue weighted by Gasteiger charge is 2.31. The Morgan fingerprint density at radius 1 is 1.44 bits per heavy atom. The summed E-state index contributed by atoms with van der Waals surface area (Å²) in [6.07, 6.45) is 0. The molecule has 0 spiro atoms. The van der Waals surface area contributed by atoms with E-state index in [1.807, 2.05) is 0 Å². The van der Waals surface area contributed by atoms with Crippen LogP contribution >= 0.6 is 0 Å². The molecule has 0 aromatic rings.